The highest BCUT2D eigenvalue weighted by molar-refractivity contribution is 5.31. The molecule has 1 aliphatic heterocycles. The Morgan fingerprint density at radius 2 is 0.781 bits per heavy atom. The molecule has 2 atom stereocenters. The third-order valence-electron chi connectivity index (χ3n) is 6.67. The van der Waals surface area contributed by atoms with E-state index in [0.717, 1.165) is 13.1 Å². The van der Waals surface area contributed by atoms with Gasteiger partial charge in [0.25, 0.3) is 0 Å². The summed E-state index contributed by atoms with van der Waals surface area (Å²) in [5, 5.41) is 0. The summed E-state index contributed by atoms with van der Waals surface area (Å²) in [6, 6.07) is 44.3. The van der Waals surface area contributed by atoms with Crippen molar-refractivity contribution < 1.29 is 0 Å². The molecule has 1 aliphatic rings. The lowest BCUT2D eigenvalue weighted by Gasteiger charge is -2.29. The summed E-state index contributed by atoms with van der Waals surface area (Å²) in [6.45, 7) is 4.22. The van der Waals surface area contributed by atoms with Gasteiger partial charge in [-0.25, -0.2) is 0 Å². The minimum absolute atomic E-state index is 0.275. The maximum Gasteiger partial charge on any atom is 0.0612 e. The SMILES string of the molecule is CC1N(Cc2ccccc2)C(c2ccccc2)C(c2ccccc2)N1Cc1ccccc1. The normalized spacial score (nSPS) is 21.6. The average molecular weight is 419 g/mol. The molecule has 0 spiro atoms. The molecule has 0 N–H and O–H groups in total. The van der Waals surface area contributed by atoms with Gasteiger partial charge in [0.2, 0.25) is 0 Å². The lowest BCUT2D eigenvalue weighted by molar-refractivity contribution is 0.117. The largest absolute Gasteiger partial charge is 0.275 e. The first-order valence-corrected chi connectivity index (χ1v) is 11.5. The lowest BCUT2D eigenvalue weighted by Crippen LogP contribution is -2.36. The van der Waals surface area contributed by atoms with E-state index in [0.29, 0.717) is 6.17 Å². The lowest BCUT2D eigenvalue weighted by atomic mass is 9.92. The van der Waals surface area contributed by atoms with Crippen LogP contribution in [0.25, 0.3) is 0 Å². The van der Waals surface area contributed by atoms with Gasteiger partial charge in [-0.15, -0.1) is 0 Å². The molecule has 2 heteroatoms. The Hall–Kier alpha value is -3.20. The van der Waals surface area contributed by atoms with E-state index < -0.39 is 0 Å². The molecule has 0 aromatic heterocycles. The van der Waals surface area contributed by atoms with E-state index in [-0.39, 0.29) is 12.1 Å². The van der Waals surface area contributed by atoms with Gasteiger partial charge in [-0.2, -0.15) is 0 Å². The first kappa shape index (κ1) is 20.7. The summed E-state index contributed by atoms with van der Waals surface area (Å²) in [6.07, 6.45) is 0.297. The molecule has 2 unspecified atom stereocenters. The topological polar surface area (TPSA) is 6.48 Å². The first-order chi connectivity index (χ1) is 15.8. The predicted octanol–water partition coefficient (Wildman–Crippen LogP) is 6.83. The Morgan fingerprint density at radius 1 is 0.469 bits per heavy atom. The minimum Gasteiger partial charge on any atom is -0.275 e. The molecule has 0 bridgehead atoms. The molecule has 4 aromatic carbocycles. The molecule has 0 saturated carbocycles. The monoisotopic (exact) mass is 418 g/mol. The van der Waals surface area contributed by atoms with E-state index in [2.05, 4.69) is 138 Å². The Bertz CT molecular complexity index is 1010. The maximum absolute atomic E-state index is 2.67. The molecule has 4 aromatic rings. The molecule has 5 rings (SSSR count). The van der Waals surface area contributed by atoms with E-state index in [1.54, 1.807) is 0 Å². The van der Waals surface area contributed by atoms with E-state index >= 15 is 0 Å². The molecule has 1 saturated heterocycles. The number of rotatable bonds is 6. The van der Waals surface area contributed by atoms with Crippen LogP contribution in [-0.2, 0) is 13.1 Å². The Morgan fingerprint density at radius 3 is 1.12 bits per heavy atom. The Kier molecular flexibility index (Phi) is 6.15. The van der Waals surface area contributed by atoms with Crippen LogP contribution in [-0.4, -0.2) is 16.0 Å². The highest BCUT2D eigenvalue weighted by Crippen LogP contribution is 2.48. The third-order valence-corrected chi connectivity index (χ3v) is 6.67. The first-order valence-electron chi connectivity index (χ1n) is 11.5. The van der Waals surface area contributed by atoms with Gasteiger partial charge in [0.05, 0.1) is 18.2 Å². The van der Waals surface area contributed by atoms with Gasteiger partial charge >= 0.3 is 0 Å². The zero-order valence-corrected chi connectivity index (χ0v) is 18.6. The van der Waals surface area contributed by atoms with Crippen molar-refractivity contribution in [1.82, 2.24) is 9.80 Å². The molecule has 0 aliphatic carbocycles. The highest BCUT2D eigenvalue weighted by Gasteiger charge is 2.46. The molecule has 160 valence electrons. The van der Waals surface area contributed by atoms with Gasteiger partial charge < -0.3 is 0 Å². The van der Waals surface area contributed by atoms with Crippen LogP contribution in [0.4, 0.5) is 0 Å². The fourth-order valence-electron chi connectivity index (χ4n) is 5.12. The van der Waals surface area contributed by atoms with Crippen molar-refractivity contribution in [2.75, 3.05) is 0 Å². The average Bonchev–Trinajstić information content (AvgIpc) is 3.12. The minimum atomic E-state index is 0.275. The number of hydrogen-bond donors (Lipinski definition) is 0. The highest BCUT2D eigenvalue weighted by atomic mass is 15.4. The molecule has 0 amide bonds. The van der Waals surface area contributed by atoms with E-state index in [1.165, 1.54) is 22.3 Å². The van der Waals surface area contributed by atoms with Crippen LogP contribution < -0.4 is 0 Å². The predicted molar refractivity (Wildman–Crippen MR) is 132 cm³/mol. The van der Waals surface area contributed by atoms with E-state index in [1.807, 2.05) is 0 Å². The molecular formula is C30H30N2. The van der Waals surface area contributed by atoms with Gasteiger partial charge in [-0.05, 0) is 29.2 Å². The van der Waals surface area contributed by atoms with Gasteiger partial charge in [0.1, 0.15) is 0 Å². The molecular weight excluding hydrogens is 388 g/mol. The van der Waals surface area contributed by atoms with Crippen LogP contribution in [0.2, 0.25) is 0 Å². The quantitative estimate of drug-likeness (QED) is 0.338. The van der Waals surface area contributed by atoms with Crippen molar-refractivity contribution in [2.45, 2.75) is 38.3 Å². The Balaban J connectivity index is 1.60. The fraction of sp³-hybridized carbons (Fsp3) is 0.200. The summed E-state index contributed by atoms with van der Waals surface area (Å²) in [4.78, 5) is 5.34. The van der Waals surface area contributed by atoms with Crippen LogP contribution in [0, 0.1) is 0 Å². The van der Waals surface area contributed by atoms with Crippen molar-refractivity contribution in [3.63, 3.8) is 0 Å². The summed E-state index contributed by atoms with van der Waals surface area (Å²) < 4.78 is 0. The second kappa shape index (κ2) is 9.52. The van der Waals surface area contributed by atoms with Crippen molar-refractivity contribution in [1.29, 1.82) is 0 Å². The Labute approximate surface area is 191 Å². The number of nitrogens with zero attached hydrogens (tertiary/aromatic N) is 2. The van der Waals surface area contributed by atoms with Crippen molar-refractivity contribution >= 4 is 0 Å². The van der Waals surface area contributed by atoms with E-state index in [9.17, 15) is 0 Å². The van der Waals surface area contributed by atoms with Gasteiger partial charge in [0.15, 0.2) is 0 Å². The third kappa shape index (κ3) is 4.25. The van der Waals surface area contributed by atoms with Crippen LogP contribution in [0.15, 0.2) is 121 Å². The van der Waals surface area contributed by atoms with Gasteiger partial charge in [0, 0.05) is 13.1 Å². The van der Waals surface area contributed by atoms with Crippen LogP contribution in [0.5, 0.6) is 0 Å². The molecule has 32 heavy (non-hydrogen) atoms. The molecule has 1 fully saturated rings. The smallest absolute Gasteiger partial charge is 0.0612 e. The van der Waals surface area contributed by atoms with Crippen molar-refractivity contribution in [2.24, 2.45) is 0 Å². The number of hydrogen-bond acceptors (Lipinski definition) is 2. The maximum atomic E-state index is 2.67. The van der Waals surface area contributed by atoms with E-state index in [4.69, 9.17) is 0 Å². The van der Waals surface area contributed by atoms with Gasteiger partial charge in [-0.1, -0.05) is 121 Å². The fourth-order valence-corrected chi connectivity index (χ4v) is 5.12. The van der Waals surface area contributed by atoms with Crippen molar-refractivity contribution in [3.8, 4) is 0 Å². The molecule has 0 radical (unpaired) electrons. The van der Waals surface area contributed by atoms with Crippen LogP contribution >= 0.6 is 0 Å². The standard InChI is InChI=1S/C30H30N2/c1-24-31(22-25-14-6-2-7-15-25)29(27-18-10-4-11-19-27)30(28-20-12-5-13-21-28)32(24)23-26-16-8-3-9-17-26/h2-21,24,29-30H,22-23H2,1H3. The second-order valence-electron chi connectivity index (χ2n) is 8.66. The second-order valence-corrected chi connectivity index (χ2v) is 8.66. The zero-order valence-electron chi connectivity index (χ0n) is 18.6. The summed E-state index contributed by atoms with van der Waals surface area (Å²) in [5.41, 5.74) is 5.46. The summed E-state index contributed by atoms with van der Waals surface area (Å²) in [7, 11) is 0. The van der Waals surface area contributed by atoms with Crippen LogP contribution in [0.1, 0.15) is 41.3 Å². The summed E-state index contributed by atoms with van der Waals surface area (Å²) in [5.74, 6) is 0. The summed E-state index contributed by atoms with van der Waals surface area (Å²) >= 11 is 0. The van der Waals surface area contributed by atoms with Gasteiger partial charge in [-0.3, -0.25) is 9.80 Å². The number of benzene rings is 4. The molecule has 1 heterocycles. The van der Waals surface area contributed by atoms with Crippen LogP contribution in [0.3, 0.4) is 0 Å². The molecule has 2 nitrogen and oxygen atoms in total. The zero-order chi connectivity index (χ0) is 21.8. The van der Waals surface area contributed by atoms with Crippen molar-refractivity contribution in [3.05, 3.63) is 144 Å².